The van der Waals surface area contributed by atoms with E-state index in [1.165, 1.54) is 57.8 Å². The third kappa shape index (κ3) is 20.5. The van der Waals surface area contributed by atoms with E-state index >= 15 is 0 Å². The summed E-state index contributed by atoms with van der Waals surface area (Å²) in [7, 11) is 0. The van der Waals surface area contributed by atoms with Gasteiger partial charge in [-0.2, -0.15) is 0 Å². The van der Waals surface area contributed by atoms with Crippen LogP contribution in [-0.4, -0.2) is 46.9 Å². The summed E-state index contributed by atoms with van der Waals surface area (Å²) in [5.41, 5.74) is 0. The van der Waals surface area contributed by atoms with Crippen LogP contribution in [0, 0.1) is 0 Å². The number of hydrogen-bond acceptors (Lipinski definition) is 2. The first kappa shape index (κ1) is 22.4. The summed E-state index contributed by atoms with van der Waals surface area (Å²) in [6.45, 7) is 0. The van der Waals surface area contributed by atoms with Gasteiger partial charge in [0, 0.05) is 12.8 Å². The molecule has 1 N–H and O–H groups in total. The Labute approximate surface area is 146 Å². The first-order valence-corrected chi connectivity index (χ1v) is 7.93. The Kier molecular flexibility index (Phi) is 21.5. The third-order valence-electron chi connectivity index (χ3n) is 3.46. The fraction of sp³-hybridized carbons (Fsp3) is 0.875. The number of carbonyl (C=O) groups excluding carboxylic acids is 1. The zero-order valence-corrected chi connectivity index (χ0v) is 12.2. The second-order valence-electron chi connectivity index (χ2n) is 5.34. The van der Waals surface area contributed by atoms with E-state index < -0.39 is 5.97 Å². The van der Waals surface area contributed by atoms with E-state index in [9.17, 15) is 9.59 Å². The van der Waals surface area contributed by atoms with Crippen LogP contribution in [0.2, 0.25) is 0 Å². The Morgan fingerprint density at radius 2 is 1.05 bits per heavy atom. The molecule has 0 saturated carbocycles. The van der Waals surface area contributed by atoms with E-state index in [1.807, 2.05) is 0 Å². The number of aliphatic carboxylic acids is 1. The average Bonchev–Trinajstić information content (AvgIpc) is 2.39. The fourth-order valence-corrected chi connectivity index (χ4v) is 2.27. The predicted octanol–water partition coefficient (Wildman–Crippen LogP) is 4.08. The van der Waals surface area contributed by atoms with Gasteiger partial charge in [0.15, 0.2) is 0 Å². The molecule has 0 radical (unpaired) electrons. The molecule has 3 nitrogen and oxygen atoms in total. The maximum absolute atomic E-state index is 10.3. The second kappa shape index (κ2) is 19.1. The molecule has 0 aromatic carbocycles. The molecule has 0 aliphatic heterocycles. The number of aldehydes is 1. The van der Waals surface area contributed by atoms with E-state index in [1.54, 1.807) is 0 Å². The van der Waals surface area contributed by atoms with Gasteiger partial charge < -0.3 is 9.90 Å². The van der Waals surface area contributed by atoms with Crippen LogP contribution in [-0.2, 0) is 9.59 Å². The number of carboxylic acid groups (broad SMARTS) is 1. The molecule has 0 aromatic rings. The van der Waals surface area contributed by atoms with Crippen molar-refractivity contribution >= 4 is 41.8 Å². The second-order valence-corrected chi connectivity index (χ2v) is 5.34. The SMILES string of the molecule is O=CCCCCCCCCCCCCCCC(=O)O.[NaH]. The van der Waals surface area contributed by atoms with Crippen LogP contribution in [0.3, 0.4) is 0 Å². The van der Waals surface area contributed by atoms with Crippen LogP contribution >= 0.6 is 0 Å². The topological polar surface area (TPSA) is 54.4 Å². The first-order chi connectivity index (χ1) is 9.27. The van der Waals surface area contributed by atoms with Crippen molar-refractivity contribution in [1.29, 1.82) is 0 Å². The molecular formula is C16H31NaO3. The molecule has 0 saturated heterocycles. The van der Waals surface area contributed by atoms with E-state index in [2.05, 4.69) is 0 Å². The normalized spacial score (nSPS) is 10.0. The summed E-state index contributed by atoms with van der Waals surface area (Å²) in [5, 5.41) is 8.49. The van der Waals surface area contributed by atoms with Crippen LogP contribution in [0.5, 0.6) is 0 Å². The summed E-state index contributed by atoms with van der Waals surface area (Å²) in [6.07, 6.45) is 16.4. The van der Waals surface area contributed by atoms with Gasteiger partial charge in [-0.1, -0.05) is 64.2 Å². The van der Waals surface area contributed by atoms with Crippen molar-refractivity contribution in [3.05, 3.63) is 0 Å². The van der Waals surface area contributed by atoms with E-state index in [4.69, 9.17) is 5.11 Å². The van der Waals surface area contributed by atoms with Crippen molar-refractivity contribution in [1.82, 2.24) is 0 Å². The standard InChI is InChI=1S/C16H30O3.Na.H/c17-15-13-11-9-7-5-3-1-2-4-6-8-10-12-14-16(18)19;;/h15H,1-14H2,(H,18,19);;. The van der Waals surface area contributed by atoms with Crippen LogP contribution in [0.25, 0.3) is 0 Å². The van der Waals surface area contributed by atoms with Crippen LogP contribution in [0.1, 0.15) is 89.9 Å². The minimum atomic E-state index is -0.673. The van der Waals surface area contributed by atoms with Gasteiger partial charge in [-0.05, 0) is 12.8 Å². The van der Waals surface area contributed by atoms with Crippen molar-refractivity contribution in [3.63, 3.8) is 0 Å². The molecule has 0 aliphatic rings. The van der Waals surface area contributed by atoms with Gasteiger partial charge in [0.05, 0.1) is 0 Å². The van der Waals surface area contributed by atoms with Crippen molar-refractivity contribution in [2.45, 2.75) is 89.9 Å². The Bertz CT molecular complexity index is 220. The Morgan fingerprint density at radius 1 is 0.700 bits per heavy atom. The summed E-state index contributed by atoms with van der Waals surface area (Å²) in [5.74, 6) is -0.673. The monoisotopic (exact) mass is 294 g/mol. The van der Waals surface area contributed by atoms with Gasteiger partial charge in [-0.15, -0.1) is 0 Å². The number of hydrogen-bond donors (Lipinski definition) is 1. The molecule has 0 aliphatic carbocycles. The number of carbonyl (C=O) groups is 2. The Balaban J connectivity index is 0. The van der Waals surface area contributed by atoms with Gasteiger partial charge in [0.25, 0.3) is 0 Å². The number of unbranched alkanes of at least 4 members (excludes halogenated alkanes) is 12. The van der Waals surface area contributed by atoms with Crippen LogP contribution in [0.4, 0.5) is 0 Å². The molecule has 114 valence electrons. The first-order valence-electron chi connectivity index (χ1n) is 7.93. The summed E-state index contributed by atoms with van der Waals surface area (Å²) in [6, 6.07) is 0. The van der Waals surface area contributed by atoms with E-state index in [-0.39, 0.29) is 29.6 Å². The van der Waals surface area contributed by atoms with Gasteiger partial charge in [-0.25, -0.2) is 0 Å². The average molecular weight is 294 g/mol. The van der Waals surface area contributed by atoms with Gasteiger partial charge in [0.1, 0.15) is 6.29 Å². The number of carboxylic acids is 1. The zero-order valence-electron chi connectivity index (χ0n) is 12.2. The quantitative estimate of drug-likeness (QED) is 0.281. The Hall–Kier alpha value is 0.140. The molecule has 4 heteroatoms. The van der Waals surface area contributed by atoms with Gasteiger partial charge in [-0.3, -0.25) is 4.79 Å². The summed E-state index contributed by atoms with van der Waals surface area (Å²) in [4.78, 5) is 20.4. The molecule has 20 heavy (non-hydrogen) atoms. The molecule has 0 spiro atoms. The zero-order chi connectivity index (χ0) is 14.2. The molecule has 0 aromatic heterocycles. The summed E-state index contributed by atoms with van der Waals surface area (Å²) >= 11 is 0. The van der Waals surface area contributed by atoms with E-state index in [0.717, 1.165) is 32.0 Å². The molecule has 0 heterocycles. The molecular weight excluding hydrogens is 263 g/mol. The third-order valence-corrected chi connectivity index (χ3v) is 3.46. The predicted molar refractivity (Wildman–Crippen MR) is 85.5 cm³/mol. The number of rotatable bonds is 15. The van der Waals surface area contributed by atoms with Crippen molar-refractivity contribution in [2.24, 2.45) is 0 Å². The van der Waals surface area contributed by atoms with Crippen molar-refractivity contribution in [3.8, 4) is 0 Å². The van der Waals surface area contributed by atoms with Crippen molar-refractivity contribution < 1.29 is 14.7 Å². The Morgan fingerprint density at radius 3 is 1.40 bits per heavy atom. The van der Waals surface area contributed by atoms with Crippen molar-refractivity contribution in [2.75, 3.05) is 0 Å². The molecule has 0 unspecified atom stereocenters. The van der Waals surface area contributed by atoms with Crippen LogP contribution in [0.15, 0.2) is 0 Å². The van der Waals surface area contributed by atoms with Gasteiger partial charge >= 0.3 is 35.5 Å². The molecule has 0 bridgehead atoms. The van der Waals surface area contributed by atoms with E-state index in [0.29, 0.717) is 6.42 Å². The minimum absolute atomic E-state index is 0. The fourth-order valence-electron chi connectivity index (χ4n) is 2.27. The summed E-state index contributed by atoms with van der Waals surface area (Å²) < 4.78 is 0. The maximum atomic E-state index is 10.3. The molecule has 0 fully saturated rings. The molecule has 0 amide bonds. The molecule has 0 rings (SSSR count). The van der Waals surface area contributed by atoms with Crippen LogP contribution < -0.4 is 0 Å². The molecule has 0 atom stereocenters. The van der Waals surface area contributed by atoms with Gasteiger partial charge in [0.2, 0.25) is 0 Å².